The second-order valence-electron chi connectivity index (χ2n) is 5.67. The summed E-state index contributed by atoms with van der Waals surface area (Å²) in [7, 11) is 0. The van der Waals surface area contributed by atoms with Gasteiger partial charge in [0.05, 0.1) is 0 Å². The van der Waals surface area contributed by atoms with Gasteiger partial charge < -0.3 is 5.32 Å². The standard InChI is InChI=1S/C16H24FN/c1-3-4-13-5-7-15(8-6-13)18-16-10-12(2)9-14(17)11-16/h9-11,13,15,18H,3-8H2,1-2H3. The van der Waals surface area contributed by atoms with Gasteiger partial charge in [0, 0.05) is 11.7 Å². The van der Waals surface area contributed by atoms with Gasteiger partial charge in [0.2, 0.25) is 0 Å². The quantitative estimate of drug-likeness (QED) is 0.800. The SMILES string of the molecule is CCCC1CCC(Nc2cc(C)cc(F)c2)CC1. The van der Waals surface area contributed by atoms with Gasteiger partial charge in [-0.3, -0.25) is 0 Å². The van der Waals surface area contributed by atoms with Gasteiger partial charge in [0.1, 0.15) is 5.82 Å². The molecule has 0 atom stereocenters. The lowest BCUT2D eigenvalue weighted by Crippen LogP contribution is -2.26. The minimum atomic E-state index is -0.142. The number of nitrogens with one attached hydrogen (secondary N) is 1. The molecule has 18 heavy (non-hydrogen) atoms. The van der Waals surface area contributed by atoms with Crippen LogP contribution in [0.1, 0.15) is 51.0 Å². The molecule has 0 unspecified atom stereocenters. The van der Waals surface area contributed by atoms with Crippen LogP contribution in [0.2, 0.25) is 0 Å². The van der Waals surface area contributed by atoms with E-state index in [1.54, 1.807) is 12.1 Å². The van der Waals surface area contributed by atoms with E-state index in [-0.39, 0.29) is 5.82 Å². The highest BCUT2D eigenvalue weighted by atomic mass is 19.1. The van der Waals surface area contributed by atoms with E-state index in [9.17, 15) is 4.39 Å². The van der Waals surface area contributed by atoms with E-state index >= 15 is 0 Å². The van der Waals surface area contributed by atoms with E-state index < -0.39 is 0 Å². The van der Waals surface area contributed by atoms with Gasteiger partial charge in [-0.15, -0.1) is 0 Å². The predicted octanol–water partition coefficient (Wildman–Crippen LogP) is 4.90. The molecule has 2 rings (SSSR count). The highest BCUT2D eigenvalue weighted by molar-refractivity contribution is 5.46. The molecule has 0 aromatic heterocycles. The zero-order chi connectivity index (χ0) is 13.0. The van der Waals surface area contributed by atoms with Crippen LogP contribution < -0.4 is 5.32 Å². The van der Waals surface area contributed by atoms with E-state index in [4.69, 9.17) is 0 Å². The molecule has 0 spiro atoms. The second kappa shape index (κ2) is 6.21. The van der Waals surface area contributed by atoms with Crippen molar-refractivity contribution < 1.29 is 4.39 Å². The zero-order valence-corrected chi connectivity index (χ0v) is 11.5. The van der Waals surface area contributed by atoms with E-state index in [2.05, 4.69) is 12.2 Å². The number of rotatable bonds is 4. The summed E-state index contributed by atoms with van der Waals surface area (Å²) in [6.45, 7) is 4.20. The number of hydrogen-bond acceptors (Lipinski definition) is 1. The molecule has 2 heteroatoms. The Morgan fingerprint density at radius 3 is 2.50 bits per heavy atom. The predicted molar refractivity (Wildman–Crippen MR) is 75.4 cm³/mol. The Bertz CT molecular complexity index is 360. The van der Waals surface area contributed by atoms with Crippen molar-refractivity contribution in [1.82, 2.24) is 0 Å². The molecule has 1 aliphatic carbocycles. The highest BCUT2D eigenvalue weighted by Gasteiger charge is 2.20. The molecule has 0 amide bonds. The maximum Gasteiger partial charge on any atom is 0.125 e. The molecule has 0 aliphatic heterocycles. The van der Waals surface area contributed by atoms with Crippen LogP contribution >= 0.6 is 0 Å². The molecular weight excluding hydrogens is 225 g/mol. The van der Waals surface area contributed by atoms with E-state index in [0.717, 1.165) is 17.2 Å². The van der Waals surface area contributed by atoms with Gasteiger partial charge in [-0.25, -0.2) is 4.39 Å². The first-order valence-corrected chi connectivity index (χ1v) is 7.21. The molecule has 1 N–H and O–H groups in total. The minimum absolute atomic E-state index is 0.142. The summed E-state index contributed by atoms with van der Waals surface area (Å²) < 4.78 is 13.3. The van der Waals surface area contributed by atoms with Crippen molar-refractivity contribution in [3.05, 3.63) is 29.6 Å². The summed E-state index contributed by atoms with van der Waals surface area (Å²) in [5.74, 6) is 0.777. The molecule has 1 fully saturated rings. The monoisotopic (exact) mass is 249 g/mol. The normalized spacial score (nSPS) is 23.9. The van der Waals surface area contributed by atoms with Crippen molar-refractivity contribution in [3.63, 3.8) is 0 Å². The number of aryl methyl sites for hydroxylation is 1. The summed E-state index contributed by atoms with van der Waals surface area (Å²) in [6, 6.07) is 5.73. The first-order chi connectivity index (χ1) is 8.67. The Morgan fingerprint density at radius 1 is 1.17 bits per heavy atom. The largest absolute Gasteiger partial charge is 0.382 e. The van der Waals surface area contributed by atoms with Gasteiger partial charge in [0.15, 0.2) is 0 Å². The lowest BCUT2D eigenvalue weighted by atomic mass is 9.83. The zero-order valence-electron chi connectivity index (χ0n) is 11.5. The average Bonchev–Trinajstić information content (AvgIpc) is 2.31. The van der Waals surface area contributed by atoms with Crippen LogP contribution in [0.15, 0.2) is 18.2 Å². The molecule has 100 valence electrons. The van der Waals surface area contributed by atoms with E-state index in [1.807, 2.05) is 13.0 Å². The van der Waals surface area contributed by atoms with Crippen LogP contribution in [0.4, 0.5) is 10.1 Å². The van der Waals surface area contributed by atoms with E-state index in [1.165, 1.54) is 38.5 Å². The van der Waals surface area contributed by atoms with Gasteiger partial charge in [-0.05, 0) is 62.3 Å². The Labute approximate surface area is 110 Å². The van der Waals surface area contributed by atoms with Crippen LogP contribution in [-0.2, 0) is 0 Å². The first kappa shape index (κ1) is 13.4. The summed E-state index contributed by atoms with van der Waals surface area (Å²) in [5.41, 5.74) is 1.92. The van der Waals surface area contributed by atoms with Crippen molar-refractivity contribution in [3.8, 4) is 0 Å². The first-order valence-electron chi connectivity index (χ1n) is 7.21. The lowest BCUT2D eigenvalue weighted by molar-refractivity contribution is 0.319. The smallest absolute Gasteiger partial charge is 0.125 e. The summed E-state index contributed by atoms with van der Waals surface area (Å²) >= 11 is 0. The van der Waals surface area contributed by atoms with Crippen LogP contribution in [0, 0.1) is 18.7 Å². The molecule has 1 aliphatic rings. The lowest BCUT2D eigenvalue weighted by Gasteiger charge is -2.29. The number of benzene rings is 1. The van der Waals surface area contributed by atoms with Crippen molar-refractivity contribution in [2.45, 2.75) is 58.4 Å². The molecule has 1 saturated carbocycles. The Hall–Kier alpha value is -1.05. The summed E-state index contributed by atoms with van der Waals surface area (Å²) in [4.78, 5) is 0. The van der Waals surface area contributed by atoms with Crippen LogP contribution in [0.5, 0.6) is 0 Å². The third-order valence-electron chi connectivity index (χ3n) is 3.96. The molecule has 1 aromatic carbocycles. The minimum Gasteiger partial charge on any atom is -0.382 e. The van der Waals surface area contributed by atoms with Crippen molar-refractivity contribution >= 4 is 5.69 Å². The molecule has 1 nitrogen and oxygen atoms in total. The number of hydrogen-bond donors (Lipinski definition) is 1. The molecule has 1 aromatic rings. The topological polar surface area (TPSA) is 12.0 Å². The van der Waals surface area contributed by atoms with Gasteiger partial charge in [-0.1, -0.05) is 19.8 Å². The van der Waals surface area contributed by atoms with Gasteiger partial charge >= 0.3 is 0 Å². The number of halogens is 1. The number of anilines is 1. The fraction of sp³-hybridized carbons (Fsp3) is 0.625. The second-order valence-corrected chi connectivity index (χ2v) is 5.67. The Balaban J connectivity index is 1.87. The Morgan fingerprint density at radius 2 is 1.89 bits per heavy atom. The van der Waals surface area contributed by atoms with Crippen molar-refractivity contribution in [1.29, 1.82) is 0 Å². The molecular formula is C16H24FN. The summed E-state index contributed by atoms with van der Waals surface area (Å²) in [6.07, 6.45) is 7.75. The fourth-order valence-corrected chi connectivity index (χ4v) is 3.06. The average molecular weight is 249 g/mol. The van der Waals surface area contributed by atoms with Crippen molar-refractivity contribution in [2.75, 3.05) is 5.32 Å². The van der Waals surface area contributed by atoms with Gasteiger partial charge in [0.25, 0.3) is 0 Å². The highest BCUT2D eigenvalue weighted by Crippen LogP contribution is 2.29. The maximum atomic E-state index is 13.3. The summed E-state index contributed by atoms with van der Waals surface area (Å²) in [5, 5.41) is 3.49. The van der Waals surface area contributed by atoms with Crippen molar-refractivity contribution in [2.24, 2.45) is 5.92 Å². The van der Waals surface area contributed by atoms with E-state index in [0.29, 0.717) is 6.04 Å². The molecule has 0 radical (unpaired) electrons. The van der Waals surface area contributed by atoms with Crippen LogP contribution in [0.3, 0.4) is 0 Å². The maximum absolute atomic E-state index is 13.3. The van der Waals surface area contributed by atoms with Gasteiger partial charge in [-0.2, -0.15) is 0 Å². The molecule has 0 bridgehead atoms. The van der Waals surface area contributed by atoms with Crippen LogP contribution in [-0.4, -0.2) is 6.04 Å². The van der Waals surface area contributed by atoms with Crippen LogP contribution in [0.25, 0.3) is 0 Å². The fourth-order valence-electron chi connectivity index (χ4n) is 3.06. The Kier molecular flexibility index (Phi) is 4.62. The third-order valence-corrected chi connectivity index (χ3v) is 3.96. The molecule has 0 heterocycles. The third kappa shape index (κ3) is 3.72. The molecule has 0 saturated heterocycles.